The van der Waals surface area contributed by atoms with Crippen molar-refractivity contribution in [3.63, 3.8) is 0 Å². The van der Waals surface area contributed by atoms with E-state index in [2.05, 4.69) is 33.4 Å². The standard InChI is InChI=1S/C18H25BrN2OS/c19-16-6-5-14-7-9-20-10-8-15(14)18(16)23-13-3-4-17(22)21-11-1-2-12-21/h5-6,20H,1-4,7-13H2. The first-order valence-electron chi connectivity index (χ1n) is 8.67. The first kappa shape index (κ1) is 17.3. The minimum absolute atomic E-state index is 0.346. The van der Waals surface area contributed by atoms with Crippen LogP contribution in [0.25, 0.3) is 0 Å². The van der Waals surface area contributed by atoms with Gasteiger partial charge in [0.15, 0.2) is 0 Å². The van der Waals surface area contributed by atoms with Gasteiger partial charge in [0.05, 0.1) is 0 Å². The molecule has 0 atom stereocenters. The van der Waals surface area contributed by atoms with Gasteiger partial charge in [0, 0.05) is 28.9 Å². The average molecular weight is 397 g/mol. The average Bonchev–Trinajstić information content (AvgIpc) is 2.99. The van der Waals surface area contributed by atoms with Crippen LogP contribution in [-0.4, -0.2) is 42.7 Å². The number of carbonyl (C=O) groups excluding carboxylic acids is 1. The van der Waals surface area contributed by atoms with Gasteiger partial charge in [-0.15, -0.1) is 11.8 Å². The highest BCUT2D eigenvalue weighted by atomic mass is 79.9. The highest BCUT2D eigenvalue weighted by Crippen LogP contribution is 2.35. The Bertz CT molecular complexity index is 558. The molecule has 1 N–H and O–H groups in total. The molecule has 1 aromatic carbocycles. The van der Waals surface area contributed by atoms with Gasteiger partial charge in [-0.3, -0.25) is 4.79 Å². The van der Waals surface area contributed by atoms with Crippen molar-refractivity contribution >= 4 is 33.6 Å². The molecule has 1 fully saturated rings. The lowest BCUT2D eigenvalue weighted by Gasteiger charge is -2.16. The Labute approximate surface area is 151 Å². The van der Waals surface area contributed by atoms with Gasteiger partial charge in [-0.05, 0) is 84.1 Å². The van der Waals surface area contributed by atoms with E-state index >= 15 is 0 Å². The summed E-state index contributed by atoms with van der Waals surface area (Å²) in [5, 5.41) is 3.48. The van der Waals surface area contributed by atoms with Crippen LogP contribution in [0.15, 0.2) is 21.5 Å². The Morgan fingerprint density at radius 2 is 2.00 bits per heavy atom. The summed E-state index contributed by atoms with van der Waals surface area (Å²) in [7, 11) is 0. The number of amides is 1. The van der Waals surface area contributed by atoms with Crippen LogP contribution in [0.3, 0.4) is 0 Å². The molecule has 3 rings (SSSR count). The SMILES string of the molecule is O=C(CCCSc1c(Br)ccc2c1CCNCC2)N1CCCC1. The van der Waals surface area contributed by atoms with Crippen LogP contribution in [-0.2, 0) is 17.6 Å². The molecule has 0 aromatic heterocycles. The lowest BCUT2D eigenvalue weighted by molar-refractivity contribution is -0.130. The zero-order chi connectivity index (χ0) is 16.1. The van der Waals surface area contributed by atoms with Crippen LogP contribution < -0.4 is 5.32 Å². The summed E-state index contributed by atoms with van der Waals surface area (Å²) < 4.78 is 1.20. The van der Waals surface area contributed by atoms with Crippen LogP contribution in [0, 0.1) is 0 Å². The molecule has 23 heavy (non-hydrogen) atoms. The molecule has 1 amide bonds. The Balaban J connectivity index is 1.54. The van der Waals surface area contributed by atoms with E-state index in [-0.39, 0.29) is 0 Å². The van der Waals surface area contributed by atoms with Crippen molar-refractivity contribution in [2.45, 2.75) is 43.4 Å². The van der Waals surface area contributed by atoms with Gasteiger partial charge in [0.2, 0.25) is 5.91 Å². The third-order valence-electron chi connectivity index (χ3n) is 4.67. The molecule has 0 bridgehead atoms. The van der Waals surface area contributed by atoms with Crippen LogP contribution in [0.2, 0.25) is 0 Å². The van der Waals surface area contributed by atoms with Crippen LogP contribution in [0.1, 0.15) is 36.8 Å². The fourth-order valence-electron chi connectivity index (χ4n) is 3.39. The van der Waals surface area contributed by atoms with Crippen LogP contribution in [0.4, 0.5) is 0 Å². The van der Waals surface area contributed by atoms with Crippen molar-refractivity contribution in [2.24, 2.45) is 0 Å². The number of thioether (sulfide) groups is 1. The number of nitrogens with zero attached hydrogens (tertiary/aromatic N) is 1. The van der Waals surface area contributed by atoms with Crippen molar-refractivity contribution in [3.05, 3.63) is 27.7 Å². The second-order valence-electron chi connectivity index (χ2n) is 6.30. The summed E-state index contributed by atoms with van der Waals surface area (Å²) in [5.41, 5.74) is 2.98. The number of hydrogen-bond acceptors (Lipinski definition) is 3. The molecule has 126 valence electrons. The number of likely N-dealkylation sites (tertiary alicyclic amines) is 1. The van der Waals surface area contributed by atoms with Gasteiger partial charge in [0.25, 0.3) is 0 Å². The molecule has 0 saturated carbocycles. The van der Waals surface area contributed by atoms with Crippen molar-refractivity contribution in [3.8, 4) is 0 Å². The van der Waals surface area contributed by atoms with Gasteiger partial charge in [-0.2, -0.15) is 0 Å². The molecular weight excluding hydrogens is 372 g/mol. The predicted molar refractivity (Wildman–Crippen MR) is 100 cm³/mol. The van der Waals surface area contributed by atoms with Gasteiger partial charge >= 0.3 is 0 Å². The summed E-state index contributed by atoms with van der Waals surface area (Å²) in [5.74, 6) is 1.36. The van der Waals surface area contributed by atoms with E-state index < -0.39 is 0 Å². The number of nitrogens with one attached hydrogen (secondary N) is 1. The number of carbonyl (C=O) groups is 1. The van der Waals surface area contributed by atoms with Crippen molar-refractivity contribution in [1.82, 2.24) is 10.2 Å². The quantitative estimate of drug-likeness (QED) is 0.608. The third kappa shape index (κ3) is 4.52. The summed E-state index contributed by atoms with van der Waals surface area (Å²) in [6.07, 6.45) is 6.23. The van der Waals surface area contributed by atoms with E-state index in [1.165, 1.54) is 33.3 Å². The van der Waals surface area contributed by atoms with Crippen molar-refractivity contribution in [1.29, 1.82) is 0 Å². The van der Waals surface area contributed by atoms with Gasteiger partial charge in [-0.1, -0.05) is 6.07 Å². The Morgan fingerprint density at radius 1 is 1.22 bits per heavy atom. The van der Waals surface area contributed by atoms with Crippen molar-refractivity contribution < 1.29 is 4.79 Å². The van der Waals surface area contributed by atoms with E-state index in [1.807, 2.05) is 16.7 Å². The molecule has 2 aliphatic heterocycles. The smallest absolute Gasteiger partial charge is 0.222 e. The summed E-state index contributed by atoms with van der Waals surface area (Å²) in [4.78, 5) is 15.5. The summed E-state index contributed by atoms with van der Waals surface area (Å²) in [6.45, 7) is 4.07. The maximum absolute atomic E-state index is 12.1. The normalized spacial score (nSPS) is 17.9. The highest BCUT2D eigenvalue weighted by molar-refractivity contribution is 9.10. The number of hydrogen-bond donors (Lipinski definition) is 1. The molecule has 2 heterocycles. The monoisotopic (exact) mass is 396 g/mol. The Hall–Kier alpha value is -0.520. The van der Waals surface area contributed by atoms with E-state index in [1.54, 1.807) is 0 Å². The lowest BCUT2D eigenvalue weighted by Crippen LogP contribution is -2.27. The van der Waals surface area contributed by atoms with Gasteiger partial charge < -0.3 is 10.2 Å². The van der Waals surface area contributed by atoms with Crippen molar-refractivity contribution in [2.75, 3.05) is 31.9 Å². The maximum Gasteiger partial charge on any atom is 0.222 e. The fraction of sp³-hybridized carbons (Fsp3) is 0.611. The minimum atomic E-state index is 0.346. The highest BCUT2D eigenvalue weighted by Gasteiger charge is 2.18. The second kappa shape index (κ2) is 8.54. The fourth-order valence-corrected chi connectivity index (χ4v) is 5.21. The second-order valence-corrected chi connectivity index (χ2v) is 8.26. The largest absolute Gasteiger partial charge is 0.343 e. The first-order valence-corrected chi connectivity index (χ1v) is 10.4. The van der Waals surface area contributed by atoms with Crippen LogP contribution in [0.5, 0.6) is 0 Å². The Morgan fingerprint density at radius 3 is 2.83 bits per heavy atom. The number of fused-ring (bicyclic) bond motifs is 1. The van der Waals surface area contributed by atoms with Gasteiger partial charge in [-0.25, -0.2) is 0 Å². The molecule has 0 aliphatic carbocycles. The molecule has 5 heteroatoms. The molecular formula is C18H25BrN2OS. The zero-order valence-corrected chi connectivity index (χ0v) is 16.0. The molecule has 0 radical (unpaired) electrons. The number of rotatable bonds is 5. The predicted octanol–water partition coefficient (Wildman–Crippen LogP) is 3.63. The first-order chi connectivity index (χ1) is 11.3. The minimum Gasteiger partial charge on any atom is -0.343 e. The molecule has 3 nitrogen and oxygen atoms in total. The Kier molecular flexibility index (Phi) is 6.43. The number of benzene rings is 1. The van der Waals surface area contributed by atoms with Gasteiger partial charge in [0.1, 0.15) is 0 Å². The lowest BCUT2D eigenvalue weighted by atomic mass is 10.0. The third-order valence-corrected chi connectivity index (χ3v) is 6.84. The van der Waals surface area contributed by atoms with E-state index in [0.29, 0.717) is 12.3 Å². The van der Waals surface area contributed by atoms with E-state index in [4.69, 9.17) is 0 Å². The van der Waals surface area contributed by atoms with E-state index in [0.717, 1.165) is 51.2 Å². The topological polar surface area (TPSA) is 32.3 Å². The summed E-state index contributed by atoms with van der Waals surface area (Å²) in [6, 6.07) is 4.44. The molecule has 2 aliphatic rings. The zero-order valence-electron chi connectivity index (χ0n) is 13.6. The summed E-state index contributed by atoms with van der Waals surface area (Å²) >= 11 is 5.63. The van der Waals surface area contributed by atoms with Crippen LogP contribution >= 0.6 is 27.7 Å². The molecule has 0 spiro atoms. The number of halogens is 1. The van der Waals surface area contributed by atoms with E-state index in [9.17, 15) is 4.79 Å². The molecule has 1 saturated heterocycles. The maximum atomic E-state index is 12.1. The molecule has 1 aromatic rings. The molecule has 0 unspecified atom stereocenters.